The monoisotopic (exact) mass is 557 g/mol. The lowest BCUT2D eigenvalue weighted by Crippen LogP contribution is -2.16. The summed E-state index contributed by atoms with van der Waals surface area (Å²) in [5.74, 6) is 1.22. The third-order valence-electron chi connectivity index (χ3n) is 7.15. The van der Waals surface area contributed by atoms with Gasteiger partial charge in [0.15, 0.2) is 5.78 Å². The van der Waals surface area contributed by atoms with Crippen LogP contribution < -0.4 is 4.90 Å². The first-order chi connectivity index (χ1) is 19.8. The van der Waals surface area contributed by atoms with Crippen LogP contribution in [0.3, 0.4) is 0 Å². The second kappa shape index (κ2) is 10.8. The second-order valence-electron chi connectivity index (χ2n) is 11.1. The summed E-state index contributed by atoms with van der Waals surface area (Å²) >= 11 is 1.68. The number of thiophene rings is 1. The van der Waals surface area contributed by atoms with Crippen molar-refractivity contribution in [3.63, 3.8) is 0 Å². The van der Waals surface area contributed by atoms with Crippen LogP contribution in [0.15, 0.2) is 138 Å². The molecule has 0 fully saturated rings. The molecule has 0 radical (unpaired) electrons. The van der Waals surface area contributed by atoms with Crippen LogP contribution in [0.25, 0.3) is 6.08 Å². The van der Waals surface area contributed by atoms with Gasteiger partial charge in [0, 0.05) is 32.8 Å². The van der Waals surface area contributed by atoms with E-state index in [1.54, 1.807) is 17.4 Å². The topological polar surface area (TPSA) is 49.8 Å². The molecule has 1 aromatic heterocycles. The van der Waals surface area contributed by atoms with Gasteiger partial charge in [0.2, 0.25) is 0 Å². The zero-order valence-electron chi connectivity index (χ0n) is 23.2. The molecule has 1 N–H and O–H groups in total. The number of nitrogens with zero attached hydrogens (tertiary/aromatic N) is 1. The molecule has 41 heavy (non-hydrogen) atoms. The summed E-state index contributed by atoms with van der Waals surface area (Å²) in [5.41, 5.74) is 4.16. The maximum Gasteiger partial charge on any atom is 0.192 e. The van der Waals surface area contributed by atoms with Crippen molar-refractivity contribution >= 4 is 39.6 Å². The molecule has 3 aromatic carbocycles. The number of hydrogen-bond donors (Lipinski definition) is 1. The SMILES string of the molecule is CC(C)(C)C1=C/C(=C2\C(=O)c3ccccc3C2O)C=C(C=Cc2ccc(N(c3ccccc3)c3ccccc3)s2)O1. The Morgan fingerprint density at radius 2 is 1.44 bits per heavy atom. The molecule has 204 valence electrons. The van der Waals surface area contributed by atoms with Gasteiger partial charge >= 0.3 is 0 Å². The Kier molecular flexibility index (Phi) is 7.08. The smallest absolute Gasteiger partial charge is 0.192 e. The van der Waals surface area contributed by atoms with Gasteiger partial charge in [-0.15, -0.1) is 11.3 Å². The Morgan fingerprint density at radius 1 is 0.805 bits per heavy atom. The number of aliphatic hydroxyl groups excluding tert-OH is 1. The summed E-state index contributed by atoms with van der Waals surface area (Å²) in [7, 11) is 0. The number of aliphatic hydroxyl groups is 1. The van der Waals surface area contributed by atoms with Crippen LogP contribution in [-0.2, 0) is 4.74 Å². The summed E-state index contributed by atoms with van der Waals surface area (Å²) < 4.78 is 6.31. The number of carbonyl (C=O) groups is 1. The molecule has 4 aromatic rings. The van der Waals surface area contributed by atoms with Gasteiger partial charge in [-0.25, -0.2) is 0 Å². The number of anilines is 3. The summed E-state index contributed by atoms with van der Waals surface area (Å²) in [6.45, 7) is 6.22. The maximum atomic E-state index is 13.3. The normalized spacial score (nSPS) is 18.6. The van der Waals surface area contributed by atoms with Gasteiger partial charge < -0.3 is 14.7 Å². The number of rotatable bonds is 5. The first-order valence-corrected chi connectivity index (χ1v) is 14.5. The number of carbonyl (C=O) groups excluding carboxylic acids is 1. The predicted molar refractivity (Wildman–Crippen MR) is 168 cm³/mol. The summed E-state index contributed by atoms with van der Waals surface area (Å²) in [5, 5.41) is 12.2. The van der Waals surface area contributed by atoms with Crippen molar-refractivity contribution in [2.75, 3.05) is 4.90 Å². The maximum absolute atomic E-state index is 13.3. The number of para-hydroxylation sites is 2. The van der Waals surface area contributed by atoms with Gasteiger partial charge in [-0.1, -0.05) is 81.4 Å². The van der Waals surface area contributed by atoms with Gasteiger partial charge in [-0.2, -0.15) is 0 Å². The fraction of sp³-hybridized carbons (Fsp3) is 0.139. The predicted octanol–water partition coefficient (Wildman–Crippen LogP) is 9.30. The van der Waals surface area contributed by atoms with E-state index in [9.17, 15) is 9.90 Å². The van der Waals surface area contributed by atoms with Crippen molar-refractivity contribution in [1.82, 2.24) is 0 Å². The second-order valence-corrected chi connectivity index (χ2v) is 12.2. The number of ketones is 1. The Labute approximate surface area is 244 Å². The van der Waals surface area contributed by atoms with Gasteiger partial charge in [0.1, 0.15) is 22.6 Å². The third kappa shape index (κ3) is 5.34. The van der Waals surface area contributed by atoms with Crippen molar-refractivity contribution in [3.8, 4) is 0 Å². The van der Waals surface area contributed by atoms with Crippen LogP contribution in [0, 0.1) is 5.41 Å². The zero-order chi connectivity index (χ0) is 28.6. The largest absolute Gasteiger partial charge is 0.461 e. The van der Waals surface area contributed by atoms with Gasteiger partial charge in [0.25, 0.3) is 0 Å². The fourth-order valence-electron chi connectivity index (χ4n) is 5.06. The van der Waals surface area contributed by atoms with E-state index in [0.717, 1.165) is 27.0 Å². The lowest BCUT2D eigenvalue weighted by atomic mass is 9.89. The Morgan fingerprint density at radius 3 is 2.07 bits per heavy atom. The Hall–Kier alpha value is -4.45. The summed E-state index contributed by atoms with van der Waals surface area (Å²) in [4.78, 5) is 16.6. The van der Waals surface area contributed by atoms with Crippen molar-refractivity contribution in [2.24, 2.45) is 5.41 Å². The van der Waals surface area contributed by atoms with Gasteiger partial charge in [-0.3, -0.25) is 4.79 Å². The molecule has 4 nitrogen and oxygen atoms in total. The van der Waals surface area contributed by atoms with Gasteiger partial charge in [-0.05, 0) is 71.8 Å². The van der Waals surface area contributed by atoms with E-state index in [1.165, 1.54) is 0 Å². The molecule has 0 saturated heterocycles. The summed E-state index contributed by atoms with van der Waals surface area (Å²) in [6, 6.07) is 32.1. The molecule has 2 aliphatic rings. The van der Waals surface area contributed by atoms with E-state index in [4.69, 9.17) is 4.74 Å². The number of hydrogen-bond acceptors (Lipinski definition) is 5. The molecule has 1 atom stereocenters. The highest BCUT2D eigenvalue weighted by molar-refractivity contribution is 7.17. The van der Waals surface area contributed by atoms with Crippen LogP contribution in [0.1, 0.15) is 47.7 Å². The quantitative estimate of drug-likeness (QED) is 0.248. The number of benzene rings is 3. The molecule has 5 heteroatoms. The van der Waals surface area contributed by atoms with Crippen LogP contribution >= 0.6 is 11.3 Å². The van der Waals surface area contributed by atoms with Crippen molar-refractivity contribution in [1.29, 1.82) is 0 Å². The van der Waals surface area contributed by atoms with E-state index >= 15 is 0 Å². The highest BCUT2D eigenvalue weighted by Crippen LogP contribution is 2.42. The number of fused-ring (bicyclic) bond motifs is 1. The summed E-state index contributed by atoms with van der Waals surface area (Å²) in [6.07, 6.45) is 6.74. The Bertz CT molecular complexity index is 1680. The average Bonchev–Trinajstić information content (AvgIpc) is 3.55. The minimum atomic E-state index is -0.965. The fourth-order valence-corrected chi connectivity index (χ4v) is 6.01. The third-order valence-corrected chi connectivity index (χ3v) is 8.19. The van der Waals surface area contributed by atoms with Crippen LogP contribution in [0.4, 0.5) is 16.4 Å². The molecule has 0 spiro atoms. The highest BCUT2D eigenvalue weighted by atomic mass is 32.1. The first-order valence-electron chi connectivity index (χ1n) is 13.7. The highest BCUT2D eigenvalue weighted by Gasteiger charge is 2.36. The van der Waals surface area contributed by atoms with Crippen molar-refractivity contribution < 1.29 is 14.6 Å². The van der Waals surface area contributed by atoms with Gasteiger partial charge in [0.05, 0.1) is 0 Å². The first kappa shape index (κ1) is 26.8. The van der Waals surface area contributed by atoms with E-state index < -0.39 is 6.10 Å². The molecule has 0 bridgehead atoms. The lowest BCUT2D eigenvalue weighted by molar-refractivity contribution is 0.101. The van der Waals surface area contributed by atoms with Crippen molar-refractivity contribution in [2.45, 2.75) is 26.9 Å². The number of ether oxygens (including phenoxy) is 1. The molecule has 1 aliphatic heterocycles. The van der Waals surface area contributed by atoms with Crippen LogP contribution in [-0.4, -0.2) is 10.9 Å². The molecule has 2 heterocycles. The molecule has 6 rings (SSSR count). The molecule has 0 amide bonds. The van der Waals surface area contributed by atoms with E-state index in [2.05, 4.69) is 62.1 Å². The standard InChI is InChI=1S/C36H31NO3S/c1-36(2,3)31-23-24(33-34(38)29-16-10-11-17-30(29)35(33)39)22-27(40-31)18-19-28-20-21-32(41-28)37(25-12-6-4-7-13-25)26-14-8-5-9-15-26/h4-23,34,38H,1-3H3/b19-18?,33-24-. The molecule has 1 aliphatic carbocycles. The Balaban J connectivity index is 1.34. The number of allylic oxidation sites excluding steroid dienone is 5. The number of Topliss-reactive ketones (excluding diaryl/α,β-unsaturated/α-hetero) is 1. The van der Waals surface area contributed by atoms with E-state index in [1.807, 2.05) is 78.9 Å². The van der Waals surface area contributed by atoms with Crippen LogP contribution in [0.5, 0.6) is 0 Å². The minimum absolute atomic E-state index is 0.140. The zero-order valence-corrected chi connectivity index (χ0v) is 24.1. The minimum Gasteiger partial charge on any atom is -0.461 e. The molecule has 1 unspecified atom stereocenters. The molecular formula is C36H31NO3S. The average molecular weight is 558 g/mol. The molecule has 0 saturated carbocycles. The van der Waals surface area contributed by atoms with E-state index in [0.29, 0.717) is 28.0 Å². The van der Waals surface area contributed by atoms with Crippen molar-refractivity contribution in [3.05, 3.63) is 154 Å². The van der Waals surface area contributed by atoms with E-state index in [-0.39, 0.29) is 11.2 Å². The molecular weight excluding hydrogens is 526 g/mol. The lowest BCUT2D eigenvalue weighted by Gasteiger charge is -2.27. The van der Waals surface area contributed by atoms with Crippen LogP contribution in [0.2, 0.25) is 0 Å².